The van der Waals surface area contributed by atoms with Crippen molar-refractivity contribution in [2.24, 2.45) is 0 Å². The Bertz CT molecular complexity index is 687. The van der Waals surface area contributed by atoms with Crippen molar-refractivity contribution < 1.29 is 19.1 Å². The lowest BCUT2D eigenvalue weighted by atomic mass is 10.0. The molecular formula is C18H23N3O4. The number of cyclic esters (lactones) is 1. The number of rotatable bonds is 0. The van der Waals surface area contributed by atoms with Crippen molar-refractivity contribution in [3.8, 4) is 0 Å². The third-order valence-corrected chi connectivity index (χ3v) is 5.11. The van der Waals surface area contributed by atoms with E-state index in [2.05, 4.69) is 0 Å². The van der Waals surface area contributed by atoms with E-state index in [1.807, 2.05) is 34.9 Å². The van der Waals surface area contributed by atoms with Crippen molar-refractivity contribution in [3.05, 3.63) is 29.3 Å². The zero-order chi connectivity index (χ0) is 17.4. The van der Waals surface area contributed by atoms with Gasteiger partial charge in [0.1, 0.15) is 6.61 Å². The SMILES string of the molecule is Cc1ccc2c(c1)N1C(=O)OC[C@@H]1CCN(C(=O)N1CCOCC1)C2. The van der Waals surface area contributed by atoms with Gasteiger partial charge in [-0.2, -0.15) is 0 Å². The molecule has 0 aliphatic carbocycles. The molecule has 3 heterocycles. The fourth-order valence-electron chi connectivity index (χ4n) is 3.71. The fraction of sp³-hybridized carbons (Fsp3) is 0.556. The summed E-state index contributed by atoms with van der Waals surface area (Å²) in [5.74, 6) is 0. The fourth-order valence-corrected chi connectivity index (χ4v) is 3.71. The van der Waals surface area contributed by atoms with Crippen LogP contribution in [0.25, 0.3) is 0 Å². The van der Waals surface area contributed by atoms with Crippen LogP contribution >= 0.6 is 0 Å². The zero-order valence-corrected chi connectivity index (χ0v) is 14.4. The van der Waals surface area contributed by atoms with E-state index in [-0.39, 0.29) is 18.2 Å². The Labute approximate surface area is 147 Å². The summed E-state index contributed by atoms with van der Waals surface area (Å²) in [6.07, 6.45) is 0.430. The van der Waals surface area contributed by atoms with E-state index in [4.69, 9.17) is 9.47 Å². The summed E-state index contributed by atoms with van der Waals surface area (Å²) in [4.78, 5) is 30.7. The summed E-state index contributed by atoms with van der Waals surface area (Å²) >= 11 is 0. The normalized spacial score (nSPS) is 23.5. The van der Waals surface area contributed by atoms with Gasteiger partial charge in [-0.25, -0.2) is 9.59 Å². The van der Waals surface area contributed by atoms with Gasteiger partial charge in [0.15, 0.2) is 0 Å². The molecule has 134 valence electrons. The van der Waals surface area contributed by atoms with E-state index in [1.54, 1.807) is 4.90 Å². The van der Waals surface area contributed by atoms with E-state index >= 15 is 0 Å². The highest BCUT2D eigenvalue weighted by molar-refractivity contribution is 5.91. The summed E-state index contributed by atoms with van der Waals surface area (Å²) in [6, 6.07) is 6.08. The topological polar surface area (TPSA) is 62.3 Å². The third-order valence-electron chi connectivity index (χ3n) is 5.11. The molecule has 1 aromatic carbocycles. The average Bonchev–Trinajstić information content (AvgIpc) is 2.98. The van der Waals surface area contributed by atoms with Crippen molar-refractivity contribution in [1.82, 2.24) is 9.80 Å². The second-order valence-corrected chi connectivity index (χ2v) is 6.83. The lowest BCUT2D eigenvalue weighted by Gasteiger charge is -2.36. The van der Waals surface area contributed by atoms with Crippen LogP contribution in [0.1, 0.15) is 17.5 Å². The number of carbonyl (C=O) groups excluding carboxylic acids is 2. The zero-order valence-electron chi connectivity index (χ0n) is 14.4. The molecule has 3 aliphatic heterocycles. The first-order chi connectivity index (χ1) is 12.1. The first kappa shape index (κ1) is 16.2. The van der Waals surface area contributed by atoms with Crippen LogP contribution in [-0.2, 0) is 16.0 Å². The molecule has 25 heavy (non-hydrogen) atoms. The summed E-state index contributed by atoms with van der Waals surface area (Å²) < 4.78 is 10.6. The molecule has 2 saturated heterocycles. The second kappa shape index (κ2) is 6.55. The van der Waals surface area contributed by atoms with E-state index in [1.165, 1.54) is 0 Å². The largest absolute Gasteiger partial charge is 0.447 e. The molecule has 7 nitrogen and oxygen atoms in total. The summed E-state index contributed by atoms with van der Waals surface area (Å²) in [5, 5.41) is 0. The lowest BCUT2D eigenvalue weighted by molar-refractivity contribution is 0.0422. The molecule has 0 spiro atoms. The molecule has 4 rings (SSSR count). The van der Waals surface area contributed by atoms with Gasteiger partial charge in [0.05, 0.1) is 24.9 Å². The van der Waals surface area contributed by atoms with Crippen molar-refractivity contribution in [3.63, 3.8) is 0 Å². The minimum absolute atomic E-state index is 0.0201. The van der Waals surface area contributed by atoms with Crippen LogP contribution in [-0.4, -0.2) is 67.4 Å². The molecule has 3 amide bonds. The molecule has 7 heteroatoms. The second-order valence-electron chi connectivity index (χ2n) is 6.83. The van der Waals surface area contributed by atoms with E-state index < -0.39 is 0 Å². The summed E-state index contributed by atoms with van der Waals surface area (Å²) in [6.45, 7) is 5.95. The van der Waals surface area contributed by atoms with E-state index in [9.17, 15) is 9.59 Å². The Balaban J connectivity index is 1.64. The lowest BCUT2D eigenvalue weighted by Crippen LogP contribution is -2.50. The Morgan fingerprint density at radius 1 is 1.16 bits per heavy atom. The van der Waals surface area contributed by atoms with Crippen molar-refractivity contribution in [2.75, 3.05) is 44.4 Å². The highest BCUT2D eigenvalue weighted by atomic mass is 16.6. The van der Waals surface area contributed by atoms with Crippen LogP contribution in [0.5, 0.6) is 0 Å². The molecule has 0 saturated carbocycles. The molecule has 0 radical (unpaired) electrons. The van der Waals surface area contributed by atoms with E-state index in [0.717, 1.165) is 23.2 Å². The number of aryl methyl sites for hydroxylation is 1. The van der Waals surface area contributed by atoms with Crippen LogP contribution in [0.3, 0.4) is 0 Å². The monoisotopic (exact) mass is 345 g/mol. The molecule has 0 unspecified atom stereocenters. The van der Waals surface area contributed by atoms with Crippen molar-refractivity contribution in [1.29, 1.82) is 0 Å². The average molecular weight is 345 g/mol. The Morgan fingerprint density at radius 3 is 2.76 bits per heavy atom. The number of morpholine rings is 1. The van der Waals surface area contributed by atoms with E-state index in [0.29, 0.717) is 46.0 Å². The summed E-state index contributed by atoms with van der Waals surface area (Å²) in [7, 11) is 0. The minimum Gasteiger partial charge on any atom is -0.447 e. The van der Waals surface area contributed by atoms with Crippen molar-refractivity contribution >= 4 is 17.8 Å². The number of anilines is 1. The van der Waals surface area contributed by atoms with Gasteiger partial charge < -0.3 is 19.3 Å². The molecular weight excluding hydrogens is 322 g/mol. The van der Waals surface area contributed by atoms with Gasteiger partial charge >= 0.3 is 12.1 Å². The first-order valence-electron chi connectivity index (χ1n) is 8.80. The van der Waals surface area contributed by atoms with Crippen LogP contribution in [0.15, 0.2) is 18.2 Å². The van der Waals surface area contributed by atoms with Crippen LogP contribution in [0.2, 0.25) is 0 Å². The standard InChI is InChI=1S/C18H23N3O4/c1-13-2-3-14-11-20(17(22)19-6-8-24-9-7-19)5-4-15-12-25-18(23)21(15)16(14)10-13/h2-3,10,15H,4-9,11-12H2,1H3/t15-/m0/s1. The number of hydrogen-bond donors (Lipinski definition) is 0. The number of nitrogens with zero attached hydrogens (tertiary/aromatic N) is 3. The van der Waals surface area contributed by atoms with Gasteiger partial charge in [0, 0.05) is 26.2 Å². The highest BCUT2D eigenvalue weighted by Gasteiger charge is 2.38. The number of fused-ring (bicyclic) bond motifs is 3. The number of amides is 3. The van der Waals surface area contributed by atoms with Crippen LogP contribution < -0.4 is 4.90 Å². The molecule has 3 aliphatic rings. The molecule has 0 bridgehead atoms. The van der Waals surface area contributed by atoms with Crippen molar-refractivity contribution in [2.45, 2.75) is 25.9 Å². The molecule has 2 fully saturated rings. The Kier molecular flexibility index (Phi) is 4.25. The number of benzene rings is 1. The number of urea groups is 1. The Hall–Kier alpha value is -2.28. The molecule has 0 N–H and O–H groups in total. The van der Waals surface area contributed by atoms with Gasteiger partial charge in [0.25, 0.3) is 0 Å². The van der Waals surface area contributed by atoms with Crippen LogP contribution in [0.4, 0.5) is 15.3 Å². The maximum absolute atomic E-state index is 12.9. The summed E-state index contributed by atoms with van der Waals surface area (Å²) in [5.41, 5.74) is 2.94. The molecule has 1 atom stereocenters. The van der Waals surface area contributed by atoms with Gasteiger partial charge in [-0.15, -0.1) is 0 Å². The Morgan fingerprint density at radius 2 is 1.96 bits per heavy atom. The van der Waals surface area contributed by atoms with Crippen LogP contribution in [0, 0.1) is 6.92 Å². The number of ether oxygens (including phenoxy) is 2. The predicted molar refractivity (Wildman–Crippen MR) is 91.6 cm³/mol. The third kappa shape index (κ3) is 3.04. The maximum atomic E-state index is 12.9. The quantitative estimate of drug-likeness (QED) is 0.721. The highest BCUT2D eigenvalue weighted by Crippen LogP contribution is 2.32. The maximum Gasteiger partial charge on any atom is 0.414 e. The van der Waals surface area contributed by atoms with Gasteiger partial charge in [-0.3, -0.25) is 4.90 Å². The van der Waals surface area contributed by atoms with Gasteiger partial charge in [-0.1, -0.05) is 12.1 Å². The first-order valence-corrected chi connectivity index (χ1v) is 8.80. The number of hydrogen-bond acceptors (Lipinski definition) is 4. The predicted octanol–water partition coefficient (Wildman–Crippen LogP) is 1.98. The smallest absolute Gasteiger partial charge is 0.414 e. The van der Waals surface area contributed by atoms with Gasteiger partial charge in [-0.05, 0) is 30.5 Å². The number of carbonyl (C=O) groups is 2. The molecule has 1 aromatic rings. The minimum atomic E-state index is -0.287. The van der Waals surface area contributed by atoms with Gasteiger partial charge in [0.2, 0.25) is 0 Å². The molecule has 0 aromatic heterocycles.